The lowest BCUT2D eigenvalue weighted by Gasteiger charge is -2.00. The van der Waals surface area contributed by atoms with Crippen LogP contribution in [0.15, 0.2) is 24.3 Å². The summed E-state index contributed by atoms with van der Waals surface area (Å²) in [5.74, 6) is -0.504. The lowest BCUT2D eigenvalue weighted by atomic mass is 10.0. The number of Topliss-reactive ketones (excluding diaryl/α,β-unsaturated/α-hetero) is 2. The first-order valence-corrected chi connectivity index (χ1v) is 5.34. The molecule has 0 atom stereocenters. The molecule has 0 saturated carbocycles. The van der Waals surface area contributed by atoms with Crippen molar-refractivity contribution >= 4 is 17.3 Å². The van der Waals surface area contributed by atoms with Gasteiger partial charge in [-0.05, 0) is 6.42 Å². The third-order valence-corrected chi connectivity index (χ3v) is 2.27. The predicted molar refractivity (Wildman–Crippen MR) is 62.0 cm³/mol. The molecular formula is C12H13NO4. The molecule has 0 saturated heterocycles. The number of nitrogens with zero attached hydrogens (tertiary/aromatic N) is 1. The van der Waals surface area contributed by atoms with Gasteiger partial charge in [-0.3, -0.25) is 19.7 Å². The third-order valence-electron chi connectivity index (χ3n) is 2.27. The van der Waals surface area contributed by atoms with Crippen molar-refractivity contribution in [3.05, 3.63) is 39.9 Å². The van der Waals surface area contributed by atoms with E-state index < -0.39 is 4.92 Å². The van der Waals surface area contributed by atoms with Crippen LogP contribution in [0, 0.1) is 10.1 Å². The molecule has 1 rings (SSSR count). The van der Waals surface area contributed by atoms with Gasteiger partial charge in [-0.1, -0.05) is 19.1 Å². The molecule has 0 bridgehead atoms. The average Bonchev–Trinajstić information content (AvgIpc) is 2.29. The molecule has 5 nitrogen and oxygen atoms in total. The van der Waals surface area contributed by atoms with Crippen LogP contribution in [0.1, 0.15) is 36.5 Å². The van der Waals surface area contributed by atoms with Crippen LogP contribution >= 0.6 is 0 Å². The highest BCUT2D eigenvalue weighted by Gasteiger charge is 2.14. The van der Waals surface area contributed by atoms with E-state index in [0.717, 1.165) is 0 Å². The number of hydrogen-bond acceptors (Lipinski definition) is 4. The molecule has 0 N–H and O–H groups in total. The van der Waals surface area contributed by atoms with Crippen molar-refractivity contribution in [1.82, 2.24) is 0 Å². The fourth-order valence-electron chi connectivity index (χ4n) is 1.44. The van der Waals surface area contributed by atoms with Crippen molar-refractivity contribution in [3.8, 4) is 0 Å². The number of nitro benzene ring substituents is 1. The second-order valence-electron chi connectivity index (χ2n) is 3.70. The van der Waals surface area contributed by atoms with Crippen molar-refractivity contribution < 1.29 is 14.5 Å². The van der Waals surface area contributed by atoms with Crippen LogP contribution in [0.5, 0.6) is 0 Å². The zero-order chi connectivity index (χ0) is 12.8. The number of carbonyl (C=O) groups is 2. The molecule has 0 amide bonds. The minimum atomic E-state index is -0.565. The van der Waals surface area contributed by atoms with Gasteiger partial charge in [0.25, 0.3) is 5.69 Å². The summed E-state index contributed by atoms with van der Waals surface area (Å²) in [4.78, 5) is 32.9. The second kappa shape index (κ2) is 5.89. The van der Waals surface area contributed by atoms with Gasteiger partial charge in [0.05, 0.1) is 11.3 Å². The lowest BCUT2D eigenvalue weighted by molar-refractivity contribution is -0.384. The van der Waals surface area contributed by atoms with Crippen molar-refractivity contribution in [2.24, 2.45) is 0 Å². The van der Waals surface area contributed by atoms with Gasteiger partial charge in [0.15, 0.2) is 5.78 Å². The molecule has 90 valence electrons. The van der Waals surface area contributed by atoms with Gasteiger partial charge in [-0.15, -0.1) is 0 Å². The van der Waals surface area contributed by atoms with Gasteiger partial charge in [0, 0.05) is 24.1 Å². The van der Waals surface area contributed by atoms with Gasteiger partial charge < -0.3 is 0 Å². The highest BCUT2D eigenvalue weighted by molar-refractivity contribution is 6.08. The number of carbonyl (C=O) groups excluding carboxylic acids is 2. The molecule has 0 aliphatic heterocycles. The number of benzene rings is 1. The summed E-state index contributed by atoms with van der Waals surface area (Å²) in [6.07, 6.45) is 0.872. The summed E-state index contributed by atoms with van der Waals surface area (Å²) in [6, 6.07) is 5.43. The monoisotopic (exact) mass is 235 g/mol. The van der Waals surface area contributed by atoms with Crippen LogP contribution in [-0.2, 0) is 4.79 Å². The Kier molecular flexibility index (Phi) is 4.51. The van der Waals surface area contributed by atoms with Crippen LogP contribution in [-0.4, -0.2) is 16.5 Å². The van der Waals surface area contributed by atoms with E-state index >= 15 is 0 Å². The first-order valence-electron chi connectivity index (χ1n) is 5.34. The average molecular weight is 235 g/mol. The van der Waals surface area contributed by atoms with Crippen LogP contribution < -0.4 is 0 Å². The third kappa shape index (κ3) is 3.79. The van der Waals surface area contributed by atoms with E-state index in [1.54, 1.807) is 0 Å². The minimum Gasteiger partial charge on any atom is -0.299 e. The van der Waals surface area contributed by atoms with E-state index in [9.17, 15) is 19.7 Å². The lowest BCUT2D eigenvalue weighted by Crippen LogP contribution is -2.08. The fraction of sp³-hybridized carbons (Fsp3) is 0.333. The Balaban J connectivity index is 2.79. The van der Waals surface area contributed by atoms with Gasteiger partial charge in [-0.25, -0.2) is 0 Å². The summed E-state index contributed by atoms with van der Waals surface area (Å²) < 4.78 is 0. The Morgan fingerprint density at radius 3 is 2.65 bits per heavy atom. The molecule has 0 unspecified atom stereocenters. The maximum absolute atomic E-state index is 11.7. The van der Waals surface area contributed by atoms with Crippen LogP contribution in [0.2, 0.25) is 0 Å². The largest absolute Gasteiger partial charge is 0.299 e. The zero-order valence-corrected chi connectivity index (χ0v) is 9.51. The van der Waals surface area contributed by atoms with Gasteiger partial charge in [0.1, 0.15) is 5.78 Å². The summed E-state index contributed by atoms with van der Waals surface area (Å²) in [5.41, 5.74) is 0.0717. The Hall–Kier alpha value is -2.04. The first kappa shape index (κ1) is 13.0. The summed E-state index contributed by atoms with van der Waals surface area (Å²) in [5, 5.41) is 10.5. The van der Waals surface area contributed by atoms with E-state index in [2.05, 4.69) is 0 Å². The highest BCUT2D eigenvalue weighted by Crippen LogP contribution is 2.15. The SMILES string of the molecule is CCCC(=O)CC(=O)c1cccc([N+](=O)[O-])c1. The first-order chi connectivity index (χ1) is 8.04. The minimum absolute atomic E-state index is 0.135. The normalized spacial score (nSPS) is 9.94. The van der Waals surface area contributed by atoms with Gasteiger partial charge in [0.2, 0.25) is 0 Å². The molecular weight excluding hydrogens is 222 g/mol. The maximum Gasteiger partial charge on any atom is 0.270 e. The molecule has 0 aromatic heterocycles. The van der Waals surface area contributed by atoms with E-state index in [1.807, 2.05) is 6.92 Å². The summed E-state index contributed by atoms with van der Waals surface area (Å²) in [7, 11) is 0. The second-order valence-corrected chi connectivity index (χ2v) is 3.70. The number of non-ortho nitro benzene ring substituents is 1. The molecule has 0 spiro atoms. The molecule has 5 heteroatoms. The summed E-state index contributed by atoms with van der Waals surface area (Å²) in [6.45, 7) is 1.86. The molecule has 0 aliphatic carbocycles. The maximum atomic E-state index is 11.7. The summed E-state index contributed by atoms with van der Waals surface area (Å²) >= 11 is 0. The van der Waals surface area contributed by atoms with E-state index in [0.29, 0.717) is 12.8 Å². The van der Waals surface area contributed by atoms with Gasteiger partial charge in [-0.2, -0.15) is 0 Å². The quantitative estimate of drug-likeness (QED) is 0.328. The van der Waals surface area contributed by atoms with E-state index in [-0.39, 0.29) is 29.2 Å². The predicted octanol–water partition coefficient (Wildman–Crippen LogP) is 2.54. The Labute approximate surface area is 98.6 Å². The molecule has 1 aromatic carbocycles. The number of hydrogen-bond donors (Lipinski definition) is 0. The van der Waals surface area contributed by atoms with Crippen LogP contribution in [0.4, 0.5) is 5.69 Å². The van der Waals surface area contributed by atoms with E-state index in [1.165, 1.54) is 24.3 Å². The topological polar surface area (TPSA) is 77.3 Å². The van der Waals surface area contributed by atoms with Crippen molar-refractivity contribution in [2.75, 3.05) is 0 Å². The Morgan fingerprint density at radius 2 is 2.06 bits per heavy atom. The van der Waals surface area contributed by atoms with Crippen LogP contribution in [0.3, 0.4) is 0 Å². The molecule has 17 heavy (non-hydrogen) atoms. The standard InChI is InChI=1S/C12H13NO4/c1-2-4-11(14)8-12(15)9-5-3-6-10(7-9)13(16)17/h3,5-7H,2,4,8H2,1H3. The van der Waals surface area contributed by atoms with Crippen molar-refractivity contribution in [1.29, 1.82) is 0 Å². The number of rotatable bonds is 6. The number of nitro groups is 1. The van der Waals surface area contributed by atoms with Crippen molar-refractivity contribution in [2.45, 2.75) is 26.2 Å². The van der Waals surface area contributed by atoms with Crippen LogP contribution in [0.25, 0.3) is 0 Å². The molecule has 1 aromatic rings. The molecule has 0 fully saturated rings. The smallest absolute Gasteiger partial charge is 0.270 e. The fourth-order valence-corrected chi connectivity index (χ4v) is 1.44. The Bertz CT molecular complexity index is 454. The van der Waals surface area contributed by atoms with Gasteiger partial charge >= 0.3 is 0 Å². The Morgan fingerprint density at radius 1 is 1.35 bits per heavy atom. The molecule has 0 aliphatic rings. The zero-order valence-electron chi connectivity index (χ0n) is 9.51. The molecule has 0 heterocycles. The highest BCUT2D eigenvalue weighted by atomic mass is 16.6. The van der Waals surface area contributed by atoms with Crippen molar-refractivity contribution in [3.63, 3.8) is 0 Å². The molecule has 0 radical (unpaired) electrons. The van der Waals surface area contributed by atoms with E-state index in [4.69, 9.17) is 0 Å². The number of ketones is 2.